The number of H-pyrrole nitrogens is 1. The summed E-state index contributed by atoms with van der Waals surface area (Å²) in [4.78, 5) is 36.3. The van der Waals surface area contributed by atoms with Crippen molar-refractivity contribution in [3.63, 3.8) is 0 Å². The fourth-order valence-corrected chi connectivity index (χ4v) is 2.18. The van der Waals surface area contributed by atoms with Crippen LogP contribution < -0.4 is 11.1 Å². The van der Waals surface area contributed by atoms with Crippen molar-refractivity contribution in [2.24, 2.45) is 5.92 Å². The number of amides is 1. The van der Waals surface area contributed by atoms with Crippen LogP contribution in [0.1, 0.15) is 12.8 Å². The van der Waals surface area contributed by atoms with Crippen LogP contribution in [0.2, 0.25) is 0 Å². The van der Waals surface area contributed by atoms with E-state index in [2.05, 4.69) is 5.10 Å². The van der Waals surface area contributed by atoms with E-state index in [4.69, 9.17) is 5.11 Å². The van der Waals surface area contributed by atoms with Gasteiger partial charge in [0, 0.05) is 31.8 Å². The third-order valence-corrected chi connectivity index (χ3v) is 3.41. The molecule has 2 heterocycles. The van der Waals surface area contributed by atoms with E-state index in [9.17, 15) is 14.4 Å². The minimum absolute atomic E-state index is 0.146. The number of aromatic nitrogens is 2. The number of hydrogen-bond donors (Lipinski definition) is 2. The lowest BCUT2D eigenvalue weighted by atomic mass is 9.98. The van der Waals surface area contributed by atoms with Crippen LogP contribution in [-0.2, 0) is 11.3 Å². The Kier molecular flexibility index (Phi) is 4.16. The summed E-state index contributed by atoms with van der Waals surface area (Å²) in [6, 6.07) is 2.28. The van der Waals surface area contributed by atoms with Crippen molar-refractivity contribution < 1.29 is 9.90 Å². The van der Waals surface area contributed by atoms with Crippen LogP contribution in [0.15, 0.2) is 21.7 Å². The minimum atomic E-state index is -0.411. The van der Waals surface area contributed by atoms with Crippen LogP contribution in [0, 0.1) is 5.92 Å². The molecule has 0 spiro atoms. The maximum Gasteiger partial charge on any atom is 0.265 e. The largest absolute Gasteiger partial charge is 0.396 e. The van der Waals surface area contributed by atoms with Gasteiger partial charge in [0.05, 0.1) is 0 Å². The molecular weight excluding hydrogens is 250 g/mol. The van der Waals surface area contributed by atoms with Gasteiger partial charge in [0.15, 0.2) is 0 Å². The fourth-order valence-electron chi connectivity index (χ4n) is 2.18. The SMILES string of the molecule is O=C(Cn1[nH]c(=O)ccc1=O)N1CCC(CO)CC1. The average molecular weight is 267 g/mol. The van der Waals surface area contributed by atoms with E-state index in [0.29, 0.717) is 13.1 Å². The Hall–Kier alpha value is -1.89. The van der Waals surface area contributed by atoms with Crippen molar-refractivity contribution in [3.05, 3.63) is 32.8 Å². The first kappa shape index (κ1) is 13.5. The van der Waals surface area contributed by atoms with E-state index in [1.807, 2.05) is 0 Å². The lowest BCUT2D eigenvalue weighted by Gasteiger charge is -2.31. The van der Waals surface area contributed by atoms with Crippen LogP contribution in [0.3, 0.4) is 0 Å². The zero-order valence-electron chi connectivity index (χ0n) is 10.5. The Labute approximate surface area is 109 Å². The monoisotopic (exact) mass is 267 g/mol. The molecule has 2 rings (SSSR count). The van der Waals surface area contributed by atoms with Gasteiger partial charge in [0.2, 0.25) is 5.91 Å². The number of aliphatic hydroxyl groups excluding tert-OH is 1. The maximum absolute atomic E-state index is 12.0. The number of likely N-dealkylation sites (tertiary alicyclic amines) is 1. The number of piperidine rings is 1. The molecule has 0 aliphatic carbocycles. The number of carbonyl (C=O) groups is 1. The van der Waals surface area contributed by atoms with Gasteiger partial charge in [-0.1, -0.05) is 0 Å². The Morgan fingerprint density at radius 3 is 2.63 bits per heavy atom. The highest BCUT2D eigenvalue weighted by Crippen LogP contribution is 2.16. The highest BCUT2D eigenvalue weighted by Gasteiger charge is 2.22. The van der Waals surface area contributed by atoms with Gasteiger partial charge in [0.25, 0.3) is 11.1 Å². The van der Waals surface area contributed by atoms with Gasteiger partial charge in [-0.25, -0.2) is 4.68 Å². The van der Waals surface area contributed by atoms with Gasteiger partial charge in [-0.15, -0.1) is 0 Å². The Bertz CT molecular complexity index is 555. The molecule has 0 atom stereocenters. The van der Waals surface area contributed by atoms with Crippen LogP contribution >= 0.6 is 0 Å². The number of nitrogens with one attached hydrogen (secondary N) is 1. The molecule has 1 aromatic rings. The zero-order chi connectivity index (χ0) is 13.8. The van der Waals surface area contributed by atoms with Crippen LogP contribution in [-0.4, -0.2) is 45.4 Å². The molecule has 1 aromatic heterocycles. The molecule has 19 heavy (non-hydrogen) atoms. The molecule has 104 valence electrons. The first-order chi connectivity index (χ1) is 9.10. The summed E-state index contributed by atoms with van der Waals surface area (Å²) in [5, 5.41) is 11.4. The number of hydrogen-bond acceptors (Lipinski definition) is 4. The Morgan fingerprint density at radius 2 is 2.00 bits per heavy atom. The molecule has 0 saturated carbocycles. The Balaban J connectivity index is 2.00. The van der Waals surface area contributed by atoms with E-state index >= 15 is 0 Å². The third kappa shape index (κ3) is 3.31. The first-order valence-electron chi connectivity index (χ1n) is 6.29. The highest BCUT2D eigenvalue weighted by molar-refractivity contribution is 5.75. The third-order valence-electron chi connectivity index (χ3n) is 3.41. The minimum Gasteiger partial charge on any atom is -0.396 e. The van der Waals surface area contributed by atoms with E-state index in [-0.39, 0.29) is 25.0 Å². The fraction of sp³-hybridized carbons (Fsp3) is 0.583. The first-order valence-corrected chi connectivity index (χ1v) is 6.29. The number of nitrogens with zero attached hydrogens (tertiary/aromatic N) is 2. The van der Waals surface area contributed by atoms with Gasteiger partial charge in [-0.3, -0.25) is 19.5 Å². The quantitative estimate of drug-likeness (QED) is 0.716. The molecule has 1 aliphatic heterocycles. The van der Waals surface area contributed by atoms with Crippen molar-refractivity contribution in [2.75, 3.05) is 19.7 Å². The lowest BCUT2D eigenvalue weighted by molar-refractivity contribution is -0.133. The van der Waals surface area contributed by atoms with Crippen LogP contribution in [0.5, 0.6) is 0 Å². The van der Waals surface area contributed by atoms with Crippen molar-refractivity contribution in [1.29, 1.82) is 0 Å². The van der Waals surface area contributed by atoms with Gasteiger partial charge in [0.1, 0.15) is 6.54 Å². The summed E-state index contributed by atoms with van der Waals surface area (Å²) in [6.07, 6.45) is 1.53. The van der Waals surface area contributed by atoms with E-state index < -0.39 is 11.1 Å². The van der Waals surface area contributed by atoms with Crippen molar-refractivity contribution in [1.82, 2.24) is 14.7 Å². The van der Waals surface area contributed by atoms with Gasteiger partial charge >= 0.3 is 0 Å². The topological polar surface area (TPSA) is 95.4 Å². The highest BCUT2D eigenvalue weighted by atomic mass is 16.3. The maximum atomic E-state index is 12.0. The van der Waals surface area contributed by atoms with E-state index in [0.717, 1.165) is 29.7 Å². The Morgan fingerprint density at radius 1 is 1.32 bits per heavy atom. The second-order valence-electron chi connectivity index (χ2n) is 4.74. The second kappa shape index (κ2) is 5.83. The number of aromatic amines is 1. The van der Waals surface area contributed by atoms with Crippen molar-refractivity contribution in [3.8, 4) is 0 Å². The molecule has 7 heteroatoms. The van der Waals surface area contributed by atoms with E-state index in [1.54, 1.807) is 4.90 Å². The average Bonchev–Trinajstić information content (AvgIpc) is 2.43. The molecule has 0 unspecified atom stereocenters. The molecule has 1 fully saturated rings. The number of carbonyl (C=O) groups excluding carboxylic acids is 1. The number of aliphatic hydroxyl groups is 1. The zero-order valence-corrected chi connectivity index (χ0v) is 10.5. The summed E-state index contributed by atoms with van der Waals surface area (Å²) in [6.45, 7) is 1.15. The smallest absolute Gasteiger partial charge is 0.265 e. The van der Waals surface area contributed by atoms with Crippen LogP contribution in [0.4, 0.5) is 0 Å². The summed E-state index contributed by atoms with van der Waals surface area (Å²) in [7, 11) is 0. The predicted octanol–water partition coefficient (Wildman–Crippen LogP) is -1.23. The van der Waals surface area contributed by atoms with Gasteiger partial charge in [-0.2, -0.15) is 0 Å². The number of rotatable bonds is 3. The molecule has 7 nitrogen and oxygen atoms in total. The van der Waals surface area contributed by atoms with E-state index in [1.165, 1.54) is 0 Å². The van der Waals surface area contributed by atoms with Crippen molar-refractivity contribution >= 4 is 5.91 Å². The van der Waals surface area contributed by atoms with Gasteiger partial charge in [-0.05, 0) is 18.8 Å². The predicted molar refractivity (Wildman–Crippen MR) is 67.7 cm³/mol. The molecule has 2 N–H and O–H groups in total. The summed E-state index contributed by atoms with van der Waals surface area (Å²) < 4.78 is 1.02. The lowest BCUT2D eigenvalue weighted by Crippen LogP contribution is -2.43. The normalized spacial score (nSPS) is 16.6. The van der Waals surface area contributed by atoms with Gasteiger partial charge < -0.3 is 10.0 Å². The molecule has 0 radical (unpaired) electrons. The summed E-state index contributed by atoms with van der Waals surface area (Å²) >= 11 is 0. The molecule has 0 bridgehead atoms. The van der Waals surface area contributed by atoms with Crippen LogP contribution in [0.25, 0.3) is 0 Å². The van der Waals surface area contributed by atoms with Crippen molar-refractivity contribution in [2.45, 2.75) is 19.4 Å². The second-order valence-corrected chi connectivity index (χ2v) is 4.74. The molecule has 0 aromatic carbocycles. The summed E-state index contributed by atoms with van der Waals surface area (Å²) in [5.74, 6) is 0.0589. The summed E-state index contributed by atoms with van der Waals surface area (Å²) in [5.41, 5.74) is -0.815. The standard InChI is InChI=1S/C12H17N3O4/c16-8-9-3-5-14(6-4-9)12(19)7-15-11(18)2-1-10(17)13-15/h1-2,9,16H,3-8H2,(H,13,17). The molecular formula is C12H17N3O4. The molecule has 1 saturated heterocycles. The molecule has 1 amide bonds. The molecule has 1 aliphatic rings.